The number of thiophene rings is 2. The van der Waals surface area contributed by atoms with Gasteiger partial charge in [-0.25, -0.2) is 0 Å². The minimum absolute atomic E-state index is 0.0584. The summed E-state index contributed by atoms with van der Waals surface area (Å²) in [7, 11) is 0. The average molecular weight is 558 g/mol. The Morgan fingerprint density at radius 2 is 1.07 bits per heavy atom. The van der Waals surface area contributed by atoms with E-state index in [0.717, 1.165) is 55.4 Å². The van der Waals surface area contributed by atoms with E-state index in [9.17, 15) is 0 Å². The topological polar surface area (TPSA) is 126 Å². The molecular formula is C31H19N5O2S2. The summed E-state index contributed by atoms with van der Waals surface area (Å²) in [5, 5.41) is 36.1. The van der Waals surface area contributed by atoms with E-state index in [1.807, 2.05) is 84.9 Å². The third-order valence-corrected chi connectivity index (χ3v) is 8.03. The van der Waals surface area contributed by atoms with E-state index < -0.39 is 0 Å². The zero-order valence-corrected chi connectivity index (χ0v) is 22.8. The Kier molecular flexibility index (Phi) is 7.63. The predicted molar refractivity (Wildman–Crippen MR) is 155 cm³/mol. The van der Waals surface area contributed by atoms with Crippen LogP contribution in [-0.4, -0.2) is 4.57 Å². The van der Waals surface area contributed by atoms with Gasteiger partial charge in [0.1, 0.15) is 46.9 Å². The first-order valence-electron chi connectivity index (χ1n) is 12.2. The summed E-state index contributed by atoms with van der Waals surface area (Å²) < 4.78 is 14.7. The van der Waals surface area contributed by atoms with E-state index in [1.54, 1.807) is 12.2 Å². The van der Waals surface area contributed by atoms with E-state index >= 15 is 0 Å². The van der Waals surface area contributed by atoms with Crippen LogP contribution in [0.25, 0.3) is 56.3 Å². The minimum Gasteiger partial charge on any atom is -0.454 e. The summed E-state index contributed by atoms with van der Waals surface area (Å²) in [4.78, 5) is 3.42. The van der Waals surface area contributed by atoms with E-state index in [0.29, 0.717) is 11.5 Å². The Morgan fingerprint density at radius 3 is 1.48 bits per heavy atom. The normalized spacial score (nSPS) is 10.2. The Labute approximate surface area is 238 Å². The monoisotopic (exact) mass is 557 g/mol. The summed E-state index contributed by atoms with van der Waals surface area (Å²) in [6.07, 6.45) is 4.05. The van der Waals surface area contributed by atoms with Crippen LogP contribution in [0.5, 0.6) is 0 Å². The second-order valence-electron chi connectivity index (χ2n) is 8.55. The van der Waals surface area contributed by atoms with Crippen LogP contribution in [-0.2, 0) is 6.54 Å². The van der Waals surface area contributed by atoms with Gasteiger partial charge in [-0.3, -0.25) is 0 Å². The fraction of sp³-hybridized carbons (Fsp3) is 0.0968. The average Bonchev–Trinajstić information content (AvgIpc) is 3.79. The van der Waals surface area contributed by atoms with Crippen LogP contribution >= 0.6 is 22.7 Å². The van der Waals surface area contributed by atoms with Crippen molar-refractivity contribution in [2.45, 2.75) is 19.9 Å². The highest BCUT2D eigenvalue weighted by atomic mass is 32.1. The smallest absolute Gasteiger partial charge is 0.151 e. The molecule has 0 saturated heterocycles. The van der Waals surface area contributed by atoms with Crippen LogP contribution in [0, 0.1) is 45.3 Å². The molecule has 0 fully saturated rings. The molecule has 0 atom stereocenters. The molecule has 0 aromatic carbocycles. The largest absolute Gasteiger partial charge is 0.454 e. The van der Waals surface area contributed by atoms with Crippen LogP contribution in [0.15, 0.2) is 80.6 Å². The van der Waals surface area contributed by atoms with Crippen LogP contribution in [0.1, 0.15) is 23.1 Å². The molecule has 40 heavy (non-hydrogen) atoms. The number of aromatic nitrogens is 1. The molecule has 5 rings (SSSR count). The molecular weight excluding hydrogens is 539 g/mol. The summed E-state index contributed by atoms with van der Waals surface area (Å²) in [6, 6.07) is 26.8. The highest BCUT2D eigenvalue weighted by molar-refractivity contribution is 7.16. The van der Waals surface area contributed by atoms with Crippen molar-refractivity contribution in [2.75, 3.05) is 0 Å². The maximum absolute atomic E-state index is 9.02. The van der Waals surface area contributed by atoms with Gasteiger partial charge in [0.15, 0.2) is 11.5 Å². The SMILES string of the molecule is CCCn1c(-c2ccc(-c3ccc(C=C(C#N)C#N)s3)o2)ccc1-c1ccc(-c2ccc(C=C(C#N)C#N)s2)o1. The van der Waals surface area contributed by atoms with Crippen molar-refractivity contribution in [3.8, 4) is 68.5 Å². The molecule has 0 spiro atoms. The number of allylic oxidation sites excluding steroid dienone is 2. The Morgan fingerprint density at radius 1 is 0.650 bits per heavy atom. The van der Waals surface area contributed by atoms with Gasteiger partial charge in [0, 0.05) is 16.3 Å². The second-order valence-corrected chi connectivity index (χ2v) is 10.8. The van der Waals surface area contributed by atoms with Crippen LogP contribution < -0.4 is 0 Å². The number of hydrogen-bond donors (Lipinski definition) is 0. The highest BCUT2D eigenvalue weighted by Gasteiger charge is 2.18. The fourth-order valence-corrected chi connectivity index (χ4v) is 5.99. The van der Waals surface area contributed by atoms with Crippen molar-refractivity contribution in [3.63, 3.8) is 0 Å². The highest BCUT2D eigenvalue weighted by Crippen LogP contribution is 2.38. The summed E-state index contributed by atoms with van der Waals surface area (Å²) in [5.41, 5.74) is 1.97. The van der Waals surface area contributed by atoms with Crippen LogP contribution in [0.2, 0.25) is 0 Å². The van der Waals surface area contributed by atoms with Crippen molar-refractivity contribution >= 4 is 34.8 Å². The van der Waals surface area contributed by atoms with Gasteiger partial charge in [-0.05, 0) is 79.2 Å². The molecule has 0 aliphatic carbocycles. The molecule has 0 radical (unpaired) electrons. The minimum atomic E-state index is 0.0584. The molecule has 192 valence electrons. The van der Waals surface area contributed by atoms with Crippen molar-refractivity contribution in [3.05, 3.63) is 81.6 Å². The van der Waals surface area contributed by atoms with Gasteiger partial charge in [0.25, 0.3) is 0 Å². The van der Waals surface area contributed by atoms with Gasteiger partial charge in [-0.1, -0.05) is 6.92 Å². The molecule has 5 heterocycles. The van der Waals surface area contributed by atoms with E-state index in [2.05, 4.69) is 11.5 Å². The lowest BCUT2D eigenvalue weighted by molar-refractivity contribution is 0.574. The van der Waals surface area contributed by atoms with Crippen molar-refractivity contribution in [2.24, 2.45) is 0 Å². The maximum Gasteiger partial charge on any atom is 0.151 e. The molecule has 7 nitrogen and oxygen atoms in total. The third-order valence-electron chi connectivity index (χ3n) is 5.94. The zero-order chi connectivity index (χ0) is 28.1. The molecule has 0 unspecified atom stereocenters. The Bertz CT molecular complexity index is 1760. The predicted octanol–water partition coefficient (Wildman–Crippen LogP) is 8.74. The van der Waals surface area contributed by atoms with Gasteiger partial charge < -0.3 is 13.4 Å². The van der Waals surface area contributed by atoms with Crippen molar-refractivity contribution < 1.29 is 8.83 Å². The molecule has 9 heteroatoms. The molecule has 0 saturated carbocycles. The van der Waals surface area contributed by atoms with Crippen LogP contribution in [0.3, 0.4) is 0 Å². The number of rotatable bonds is 8. The quantitative estimate of drug-likeness (QED) is 0.176. The molecule has 0 bridgehead atoms. The number of nitrogens with zero attached hydrogens (tertiary/aromatic N) is 5. The standard InChI is InChI=1S/C31H19N5O2S2/c1-2-13-36-24(26-7-9-28(37-26)30-11-3-22(39-30)14-20(16-32)17-33)5-6-25(36)27-8-10-29(38-27)31-12-4-23(40-31)15-21(18-34)19-35/h3-12,14-15H,2,13H2,1H3. The Hall–Kier alpha value is -5.32. The maximum atomic E-state index is 9.02. The third kappa shape index (κ3) is 5.30. The Balaban J connectivity index is 1.43. The van der Waals surface area contributed by atoms with Gasteiger partial charge >= 0.3 is 0 Å². The molecule has 5 aromatic rings. The summed E-state index contributed by atoms with van der Waals surface area (Å²) >= 11 is 2.90. The first kappa shape index (κ1) is 26.3. The lowest BCUT2D eigenvalue weighted by atomic mass is 10.3. The fourth-order valence-electron chi connectivity index (χ4n) is 4.17. The van der Waals surface area contributed by atoms with Gasteiger partial charge in [0.2, 0.25) is 0 Å². The number of nitriles is 4. The van der Waals surface area contributed by atoms with Gasteiger partial charge in [-0.15, -0.1) is 22.7 Å². The van der Waals surface area contributed by atoms with E-state index in [1.165, 1.54) is 22.7 Å². The first-order valence-corrected chi connectivity index (χ1v) is 13.8. The zero-order valence-electron chi connectivity index (χ0n) is 21.2. The summed E-state index contributed by atoms with van der Waals surface area (Å²) in [6.45, 7) is 2.88. The molecule has 0 amide bonds. The van der Waals surface area contributed by atoms with Crippen LogP contribution in [0.4, 0.5) is 0 Å². The number of furan rings is 2. The van der Waals surface area contributed by atoms with Gasteiger partial charge in [-0.2, -0.15) is 21.0 Å². The van der Waals surface area contributed by atoms with E-state index in [4.69, 9.17) is 29.9 Å². The van der Waals surface area contributed by atoms with E-state index in [-0.39, 0.29) is 11.1 Å². The van der Waals surface area contributed by atoms with Crippen molar-refractivity contribution in [1.82, 2.24) is 4.57 Å². The molecule has 0 aliphatic heterocycles. The molecule has 0 aliphatic rings. The lowest BCUT2D eigenvalue weighted by Gasteiger charge is -2.10. The molecule has 5 aromatic heterocycles. The lowest BCUT2D eigenvalue weighted by Crippen LogP contribution is -2.00. The number of hydrogen-bond acceptors (Lipinski definition) is 8. The van der Waals surface area contributed by atoms with Crippen molar-refractivity contribution in [1.29, 1.82) is 21.0 Å². The molecule has 0 N–H and O–H groups in total. The second kappa shape index (κ2) is 11.6. The summed E-state index contributed by atoms with van der Waals surface area (Å²) in [5.74, 6) is 2.86. The first-order chi connectivity index (χ1) is 19.6. The van der Waals surface area contributed by atoms with Gasteiger partial charge in [0.05, 0.1) is 21.1 Å².